The van der Waals surface area contributed by atoms with Crippen molar-refractivity contribution in [3.8, 4) is 0 Å². The number of aliphatic hydroxyl groups is 1. The summed E-state index contributed by atoms with van der Waals surface area (Å²) in [6.07, 6.45) is -0.0920. The van der Waals surface area contributed by atoms with Crippen molar-refractivity contribution in [1.82, 2.24) is 0 Å². The summed E-state index contributed by atoms with van der Waals surface area (Å²) < 4.78 is 6.48. The van der Waals surface area contributed by atoms with E-state index in [9.17, 15) is 0 Å². The van der Waals surface area contributed by atoms with Crippen LogP contribution in [-0.2, 0) is 4.74 Å². The van der Waals surface area contributed by atoms with Crippen molar-refractivity contribution < 1.29 is 9.84 Å². The van der Waals surface area contributed by atoms with Gasteiger partial charge in [-0.05, 0) is 24.6 Å². The van der Waals surface area contributed by atoms with E-state index < -0.39 is 0 Å². The molecule has 1 aliphatic heterocycles. The molecule has 1 heterocycles. The first-order valence-electron chi connectivity index (χ1n) is 6.14. The molecule has 0 saturated carbocycles. The lowest BCUT2D eigenvalue weighted by Gasteiger charge is -2.34. The molecule has 0 radical (unpaired) electrons. The average molecular weight is 315 g/mol. The lowest BCUT2D eigenvalue weighted by molar-refractivity contribution is 0.00356. The molecule has 1 unspecified atom stereocenters. The normalized spacial score (nSPS) is 22.0. The molecule has 1 aromatic rings. The highest BCUT2D eigenvalue weighted by Crippen LogP contribution is 2.28. The second kappa shape index (κ2) is 6.02. The highest BCUT2D eigenvalue weighted by atomic mass is 79.9. The summed E-state index contributed by atoms with van der Waals surface area (Å²) in [5, 5.41) is 9.15. The van der Waals surface area contributed by atoms with Gasteiger partial charge in [-0.15, -0.1) is 0 Å². The summed E-state index contributed by atoms with van der Waals surface area (Å²) in [7, 11) is 0. The molecule has 2 atom stereocenters. The van der Waals surface area contributed by atoms with Crippen molar-refractivity contribution in [3.05, 3.63) is 28.2 Å². The van der Waals surface area contributed by atoms with Gasteiger partial charge in [-0.3, -0.25) is 0 Å². The molecule has 1 saturated heterocycles. The number of aliphatic hydroxyl groups excluding tert-OH is 1. The Morgan fingerprint density at radius 3 is 3.00 bits per heavy atom. The standard InChI is InChI=1S/C13H19BrN2O2/c1-9(15)12-3-2-10(6-13(12)14)16-4-5-18-11(7-16)8-17/h2-3,6,9,11,17H,4-5,7-8,15H2,1H3/t9-,11?/m0/s1. The van der Waals surface area contributed by atoms with Gasteiger partial charge in [0.25, 0.3) is 0 Å². The van der Waals surface area contributed by atoms with Gasteiger partial charge >= 0.3 is 0 Å². The number of benzene rings is 1. The summed E-state index contributed by atoms with van der Waals surface area (Å²) in [6, 6.07) is 6.22. The fourth-order valence-electron chi connectivity index (χ4n) is 2.15. The molecule has 1 aliphatic rings. The van der Waals surface area contributed by atoms with Crippen LogP contribution in [0.3, 0.4) is 0 Å². The number of ether oxygens (including phenoxy) is 1. The fraction of sp³-hybridized carbons (Fsp3) is 0.538. The van der Waals surface area contributed by atoms with Crippen molar-refractivity contribution >= 4 is 21.6 Å². The summed E-state index contributed by atoms with van der Waals surface area (Å²) in [4.78, 5) is 2.22. The number of anilines is 1. The Bertz CT molecular complexity index is 412. The van der Waals surface area contributed by atoms with Gasteiger partial charge in [-0.25, -0.2) is 0 Å². The molecule has 18 heavy (non-hydrogen) atoms. The van der Waals surface area contributed by atoms with E-state index in [1.165, 1.54) is 0 Å². The highest BCUT2D eigenvalue weighted by Gasteiger charge is 2.20. The van der Waals surface area contributed by atoms with E-state index in [1.54, 1.807) is 0 Å². The van der Waals surface area contributed by atoms with Gasteiger partial charge in [0.2, 0.25) is 0 Å². The quantitative estimate of drug-likeness (QED) is 0.891. The first-order valence-corrected chi connectivity index (χ1v) is 6.93. The molecule has 0 bridgehead atoms. The molecule has 0 aromatic heterocycles. The summed E-state index contributed by atoms with van der Waals surface area (Å²) in [6.45, 7) is 4.25. The lowest BCUT2D eigenvalue weighted by Crippen LogP contribution is -2.44. The molecule has 2 rings (SSSR count). The maximum absolute atomic E-state index is 9.15. The minimum atomic E-state index is -0.0920. The molecule has 3 N–H and O–H groups in total. The number of nitrogens with two attached hydrogens (primary N) is 1. The van der Waals surface area contributed by atoms with E-state index >= 15 is 0 Å². The van der Waals surface area contributed by atoms with E-state index in [1.807, 2.05) is 13.0 Å². The second-order valence-corrected chi connectivity index (χ2v) is 5.47. The SMILES string of the molecule is C[C@H](N)c1ccc(N2CCOC(CO)C2)cc1Br. The zero-order valence-electron chi connectivity index (χ0n) is 10.5. The van der Waals surface area contributed by atoms with Crippen LogP contribution in [0.15, 0.2) is 22.7 Å². The van der Waals surface area contributed by atoms with Gasteiger partial charge in [0.05, 0.1) is 19.3 Å². The molecular formula is C13H19BrN2O2. The van der Waals surface area contributed by atoms with Gasteiger partial charge < -0.3 is 20.5 Å². The van der Waals surface area contributed by atoms with Crippen LogP contribution in [0, 0.1) is 0 Å². The van der Waals surface area contributed by atoms with Crippen LogP contribution >= 0.6 is 15.9 Å². The van der Waals surface area contributed by atoms with Crippen LogP contribution in [0.4, 0.5) is 5.69 Å². The van der Waals surface area contributed by atoms with E-state index in [-0.39, 0.29) is 18.8 Å². The first-order chi connectivity index (χ1) is 8.61. The van der Waals surface area contributed by atoms with E-state index in [0.717, 1.165) is 28.8 Å². The molecular weight excluding hydrogens is 296 g/mol. The smallest absolute Gasteiger partial charge is 0.0980 e. The van der Waals surface area contributed by atoms with Crippen LogP contribution in [0.25, 0.3) is 0 Å². The predicted octanol–water partition coefficient (Wildman–Crippen LogP) is 1.67. The molecule has 5 heteroatoms. The van der Waals surface area contributed by atoms with Crippen LogP contribution in [0.1, 0.15) is 18.5 Å². The monoisotopic (exact) mass is 314 g/mol. The summed E-state index contributed by atoms with van der Waals surface area (Å²) in [5.74, 6) is 0. The van der Waals surface area contributed by atoms with Crippen LogP contribution in [-0.4, -0.2) is 37.5 Å². The van der Waals surface area contributed by atoms with Crippen LogP contribution < -0.4 is 10.6 Å². The fourth-order valence-corrected chi connectivity index (χ4v) is 2.87. The van der Waals surface area contributed by atoms with Crippen molar-refractivity contribution in [1.29, 1.82) is 0 Å². The van der Waals surface area contributed by atoms with Crippen LogP contribution in [0.2, 0.25) is 0 Å². The molecule has 4 nitrogen and oxygen atoms in total. The Labute approximate surface area is 116 Å². The highest BCUT2D eigenvalue weighted by molar-refractivity contribution is 9.10. The van der Waals surface area contributed by atoms with Crippen molar-refractivity contribution in [3.63, 3.8) is 0 Å². The van der Waals surface area contributed by atoms with Gasteiger partial charge in [0.15, 0.2) is 0 Å². The molecule has 0 amide bonds. The van der Waals surface area contributed by atoms with E-state index in [0.29, 0.717) is 6.61 Å². The summed E-state index contributed by atoms with van der Waals surface area (Å²) >= 11 is 3.56. The van der Waals surface area contributed by atoms with Gasteiger partial charge in [-0.1, -0.05) is 22.0 Å². The molecule has 1 fully saturated rings. The maximum Gasteiger partial charge on any atom is 0.0980 e. The third kappa shape index (κ3) is 3.03. The van der Waals surface area contributed by atoms with Crippen LogP contribution in [0.5, 0.6) is 0 Å². The van der Waals surface area contributed by atoms with E-state index in [2.05, 4.69) is 33.0 Å². The predicted molar refractivity (Wildman–Crippen MR) is 75.8 cm³/mol. The zero-order valence-corrected chi connectivity index (χ0v) is 12.1. The van der Waals surface area contributed by atoms with Crippen molar-refractivity contribution in [2.45, 2.75) is 19.1 Å². The number of hydrogen-bond donors (Lipinski definition) is 2. The molecule has 100 valence electrons. The maximum atomic E-state index is 9.15. The Kier molecular flexibility index (Phi) is 4.61. The molecule has 1 aromatic carbocycles. The van der Waals surface area contributed by atoms with Gasteiger partial charge in [-0.2, -0.15) is 0 Å². The number of rotatable bonds is 3. The average Bonchev–Trinajstić information content (AvgIpc) is 2.38. The minimum Gasteiger partial charge on any atom is -0.394 e. The third-order valence-corrected chi connectivity index (χ3v) is 3.87. The van der Waals surface area contributed by atoms with E-state index in [4.69, 9.17) is 15.6 Å². The zero-order chi connectivity index (χ0) is 13.1. The largest absolute Gasteiger partial charge is 0.394 e. The second-order valence-electron chi connectivity index (χ2n) is 4.62. The summed E-state index contributed by atoms with van der Waals surface area (Å²) in [5.41, 5.74) is 8.12. The number of nitrogens with zero attached hydrogens (tertiary/aromatic N) is 1. The lowest BCUT2D eigenvalue weighted by atomic mass is 10.1. The van der Waals surface area contributed by atoms with Gasteiger partial charge in [0, 0.05) is 29.3 Å². The number of morpholine rings is 1. The Morgan fingerprint density at radius 2 is 2.39 bits per heavy atom. The Morgan fingerprint density at radius 1 is 1.61 bits per heavy atom. The molecule has 0 spiro atoms. The van der Waals surface area contributed by atoms with Gasteiger partial charge in [0.1, 0.15) is 0 Å². The third-order valence-electron chi connectivity index (χ3n) is 3.18. The minimum absolute atomic E-state index is 0.0169. The Hall–Kier alpha value is -0.620. The topological polar surface area (TPSA) is 58.7 Å². The molecule has 0 aliphatic carbocycles. The Balaban J connectivity index is 2.16. The number of hydrogen-bond acceptors (Lipinski definition) is 4. The number of halogens is 1. The van der Waals surface area contributed by atoms with Crippen molar-refractivity contribution in [2.75, 3.05) is 31.2 Å². The van der Waals surface area contributed by atoms with Crippen molar-refractivity contribution in [2.24, 2.45) is 5.73 Å². The first kappa shape index (κ1) is 13.8.